The highest BCUT2D eigenvalue weighted by molar-refractivity contribution is 7.94. The fourth-order valence-electron chi connectivity index (χ4n) is 0.606. The van der Waals surface area contributed by atoms with Gasteiger partial charge in [0.1, 0.15) is 6.26 Å². The minimum absolute atomic E-state index is 0. The summed E-state index contributed by atoms with van der Waals surface area (Å²) in [6.07, 6.45) is 4.17. The van der Waals surface area contributed by atoms with Crippen LogP contribution >= 0.6 is 0 Å². The molecule has 0 fully saturated rings. The monoisotopic (exact) mass is 178 g/mol. The molecule has 0 aromatic rings. The lowest BCUT2D eigenvalue weighted by Crippen LogP contribution is -3.00. The summed E-state index contributed by atoms with van der Waals surface area (Å²) in [4.78, 5) is 0. The van der Waals surface area contributed by atoms with E-state index in [1.54, 1.807) is 0 Å². The molecule has 0 bridgehead atoms. The Morgan fingerprint density at radius 3 is 2.40 bits per heavy atom. The lowest BCUT2D eigenvalue weighted by atomic mass is 10.3. The zero-order chi connectivity index (χ0) is 6.85. The highest BCUT2D eigenvalue weighted by atomic mass is 35.5. The Morgan fingerprint density at radius 1 is 1.40 bits per heavy atom. The van der Waals surface area contributed by atoms with Crippen LogP contribution in [-0.4, -0.2) is 6.26 Å². The van der Waals surface area contributed by atoms with Gasteiger partial charge in [-0.2, -0.15) is 0 Å². The number of halogens is 1. The summed E-state index contributed by atoms with van der Waals surface area (Å²) in [7, 11) is 0. The number of hydrogen-bond donors (Lipinski definition) is 0. The van der Waals surface area contributed by atoms with Crippen molar-refractivity contribution in [3.63, 3.8) is 0 Å². The van der Waals surface area contributed by atoms with Crippen LogP contribution in [0.5, 0.6) is 0 Å². The molecular formula is C7H11ClOS. The smallest absolute Gasteiger partial charge is 0.224 e. The molecule has 1 heterocycles. The molecule has 0 saturated heterocycles. The summed E-state index contributed by atoms with van der Waals surface area (Å²) in [6.45, 7) is 4.06. The lowest BCUT2D eigenvalue weighted by Gasteiger charge is -2.05. The molecule has 0 N–H and O–H groups in total. The molecule has 0 aliphatic carbocycles. The zero-order valence-electron chi connectivity index (χ0n) is 6.35. The van der Waals surface area contributed by atoms with Gasteiger partial charge in [-0.05, 0) is 25.5 Å². The highest BCUT2D eigenvalue weighted by Crippen LogP contribution is 2.17. The molecule has 1 unspecified atom stereocenters. The molecular weight excluding hydrogens is 168 g/mol. The molecule has 1 rings (SSSR count). The van der Waals surface area contributed by atoms with E-state index >= 15 is 0 Å². The van der Waals surface area contributed by atoms with E-state index in [0.29, 0.717) is 0 Å². The SMILES string of the molecule is CC1=C(C)O[S+](C)C=C1.[Cl-]. The van der Waals surface area contributed by atoms with Crippen molar-refractivity contribution in [2.75, 3.05) is 6.26 Å². The van der Waals surface area contributed by atoms with E-state index in [4.69, 9.17) is 4.18 Å². The Kier molecular flexibility index (Phi) is 3.91. The number of allylic oxidation sites excluding steroid dienone is 3. The van der Waals surface area contributed by atoms with Gasteiger partial charge in [-0.1, -0.05) is 0 Å². The van der Waals surface area contributed by atoms with Crippen molar-refractivity contribution in [3.05, 3.63) is 22.8 Å². The first-order chi connectivity index (χ1) is 4.20. The second-order valence-corrected chi connectivity index (χ2v) is 3.56. The van der Waals surface area contributed by atoms with Crippen LogP contribution in [0.2, 0.25) is 0 Å². The van der Waals surface area contributed by atoms with Gasteiger partial charge in [0.25, 0.3) is 0 Å². The molecule has 1 aliphatic heterocycles. The molecule has 0 aromatic carbocycles. The number of rotatable bonds is 0. The standard InChI is InChI=1S/C7H11OS.ClH/c1-6-4-5-9(3)8-7(6)2;/h4-5H,1-3H3;1H/q+1;/p-1. The molecule has 58 valence electrons. The minimum atomic E-state index is 0. The molecule has 0 radical (unpaired) electrons. The summed E-state index contributed by atoms with van der Waals surface area (Å²) in [5.41, 5.74) is 1.24. The van der Waals surface area contributed by atoms with Crippen molar-refractivity contribution in [2.45, 2.75) is 13.8 Å². The molecule has 0 spiro atoms. The van der Waals surface area contributed by atoms with Gasteiger partial charge in [0, 0.05) is 0 Å². The summed E-state index contributed by atoms with van der Waals surface area (Å²) in [6, 6.07) is 0. The average molecular weight is 179 g/mol. The first kappa shape index (κ1) is 9.92. The molecule has 0 aromatic heterocycles. The van der Waals surface area contributed by atoms with Gasteiger partial charge in [-0.25, -0.2) is 0 Å². The van der Waals surface area contributed by atoms with Crippen LogP contribution in [0.1, 0.15) is 13.8 Å². The van der Waals surface area contributed by atoms with E-state index in [1.165, 1.54) is 5.57 Å². The first-order valence-electron chi connectivity index (χ1n) is 2.89. The van der Waals surface area contributed by atoms with Gasteiger partial charge >= 0.3 is 0 Å². The maximum absolute atomic E-state index is 5.42. The topological polar surface area (TPSA) is 9.23 Å². The zero-order valence-corrected chi connectivity index (χ0v) is 7.92. The fraction of sp³-hybridized carbons (Fsp3) is 0.429. The Labute approximate surface area is 71.1 Å². The molecule has 1 atom stereocenters. The molecule has 3 heteroatoms. The maximum Gasteiger partial charge on any atom is 0.224 e. The molecule has 10 heavy (non-hydrogen) atoms. The van der Waals surface area contributed by atoms with Crippen molar-refractivity contribution >= 4 is 11.2 Å². The van der Waals surface area contributed by atoms with E-state index in [1.807, 2.05) is 6.92 Å². The van der Waals surface area contributed by atoms with Crippen LogP contribution < -0.4 is 12.4 Å². The average Bonchev–Trinajstić information content (AvgIpc) is 1.80. The van der Waals surface area contributed by atoms with Gasteiger partial charge in [-0.15, -0.1) is 0 Å². The summed E-state index contributed by atoms with van der Waals surface area (Å²) < 4.78 is 5.42. The summed E-state index contributed by atoms with van der Waals surface area (Å²) >= 11 is 0.0206. The summed E-state index contributed by atoms with van der Waals surface area (Å²) in [5, 5.41) is 2.09. The van der Waals surface area contributed by atoms with Crippen molar-refractivity contribution in [1.29, 1.82) is 0 Å². The predicted octanol–water partition coefficient (Wildman–Crippen LogP) is -1.01. The quantitative estimate of drug-likeness (QED) is 0.432. The van der Waals surface area contributed by atoms with Crippen molar-refractivity contribution in [3.8, 4) is 0 Å². The van der Waals surface area contributed by atoms with Gasteiger partial charge in [-0.3, -0.25) is 4.18 Å². The lowest BCUT2D eigenvalue weighted by molar-refractivity contribution is -0.00000278. The summed E-state index contributed by atoms with van der Waals surface area (Å²) in [5.74, 6) is 1.06. The van der Waals surface area contributed by atoms with E-state index in [0.717, 1.165) is 5.76 Å². The second-order valence-electron chi connectivity index (χ2n) is 2.12. The number of hydrogen-bond acceptors (Lipinski definition) is 1. The molecule has 1 nitrogen and oxygen atoms in total. The van der Waals surface area contributed by atoms with Crippen LogP contribution in [0.3, 0.4) is 0 Å². The highest BCUT2D eigenvalue weighted by Gasteiger charge is 2.15. The van der Waals surface area contributed by atoms with E-state index < -0.39 is 0 Å². The maximum atomic E-state index is 5.42. The van der Waals surface area contributed by atoms with Gasteiger partial charge in [0.05, 0.1) is 0 Å². The van der Waals surface area contributed by atoms with Crippen molar-refractivity contribution in [1.82, 2.24) is 0 Å². The fourth-order valence-corrected chi connectivity index (χ4v) is 1.58. The van der Waals surface area contributed by atoms with Gasteiger partial charge < -0.3 is 12.4 Å². The Bertz CT molecular complexity index is 174. The third-order valence-corrected chi connectivity index (χ3v) is 2.35. The molecule has 0 amide bonds. The van der Waals surface area contributed by atoms with Gasteiger partial charge in [0.2, 0.25) is 11.2 Å². The van der Waals surface area contributed by atoms with Crippen LogP contribution in [0, 0.1) is 0 Å². The van der Waals surface area contributed by atoms with Crippen molar-refractivity contribution in [2.24, 2.45) is 0 Å². The van der Waals surface area contributed by atoms with E-state index in [9.17, 15) is 0 Å². The minimum Gasteiger partial charge on any atom is -1.00 e. The van der Waals surface area contributed by atoms with Crippen molar-refractivity contribution < 1.29 is 16.6 Å². The van der Waals surface area contributed by atoms with Gasteiger partial charge in [0.15, 0.2) is 11.2 Å². The molecule has 1 aliphatic rings. The largest absolute Gasteiger partial charge is 1.00 e. The third kappa shape index (κ3) is 2.27. The Hall–Kier alpha value is -0.0800. The van der Waals surface area contributed by atoms with Crippen LogP contribution in [0.15, 0.2) is 22.8 Å². The van der Waals surface area contributed by atoms with E-state index in [-0.39, 0.29) is 23.6 Å². The normalized spacial score (nSPS) is 23.7. The van der Waals surface area contributed by atoms with Crippen LogP contribution in [0.4, 0.5) is 0 Å². The second kappa shape index (κ2) is 3.94. The van der Waals surface area contributed by atoms with E-state index in [2.05, 4.69) is 24.7 Å². The Balaban J connectivity index is 0.000000810. The Morgan fingerprint density at radius 2 is 2.00 bits per heavy atom. The van der Waals surface area contributed by atoms with Crippen LogP contribution in [-0.2, 0) is 15.4 Å². The van der Waals surface area contributed by atoms with Crippen LogP contribution in [0.25, 0.3) is 0 Å². The first-order valence-corrected chi connectivity index (χ1v) is 4.51. The predicted molar refractivity (Wildman–Crippen MR) is 41.9 cm³/mol. The molecule has 0 saturated carbocycles. The third-order valence-electron chi connectivity index (χ3n) is 1.32.